The van der Waals surface area contributed by atoms with Crippen LogP contribution in [0.1, 0.15) is 48.7 Å². The van der Waals surface area contributed by atoms with E-state index >= 15 is 0 Å². The molecule has 0 atom stereocenters. The first-order valence-electron chi connectivity index (χ1n) is 9.74. The van der Waals surface area contributed by atoms with Gasteiger partial charge in [-0.2, -0.15) is 18.3 Å². The van der Waals surface area contributed by atoms with E-state index in [4.69, 9.17) is 11.6 Å². The van der Waals surface area contributed by atoms with Gasteiger partial charge in [-0.25, -0.2) is 4.68 Å². The van der Waals surface area contributed by atoms with E-state index in [0.29, 0.717) is 5.02 Å². The number of rotatable bonds is 6. The molecule has 2 aromatic rings. The molecule has 1 amide bonds. The first-order chi connectivity index (χ1) is 13.8. The van der Waals surface area contributed by atoms with E-state index in [1.807, 2.05) is 0 Å². The van der Waals surface area contributed by atoms with Crippen LogP contribution in [0.25, 0.3) is 5.69 Å². The molecular formula is C20H24ClF3N4O. The molecule has 9 heteroatoms. The normalized spacial score (nSPS) is 16.2. The molecule has 0 unspecified atom stereocenters. The van der Waals surface area contributed by atoms with E-state index in [2.05, 4.69) is 22.2 Å². The zero-order chi connectivity index (χ0) is 21.0. The number of unbranched alkanes of at least 4 members (excludes halogenated alkanes) is 1. The SMILES string of the molecule is CCCCN1CCC(NC(=O)c2cnn(-c3ccc(Cl)cc3)c2C(F)(F)F)CC1. The Morgan fingerprint density at radius 3 is 2.48 bits per heavy atom. The summed E-state index contributed by atoms with van der Waals surface area (Å²) in [6, 6.07) is 5.67. The molecule has 29 heavy (non-hydrogen) atoms. The van der Waals surface area contributed by atoms with Crippen LogP contribution in [0.5, 0.6) is 0 Å². The van der Waals surface area contributed by atoms with Gasteiger partial charge in [0.25, 0.3) is 5.91 Å². The summed E-state index contributed by atoms with van der Waals surface area (Å²) in [5, 5.41) is 6.99. The van der Waals surface area contributed by atoms with Crippen molar-refractivity contribution in [2.75, 3.05) is 19.6 Å². The Hall–Kier alpha value is -2.06. The Kier molecular flexibility index (Phi) is 6.85. The van der Waals surface area contributed by atoms with Crippen molar-refractivity contribution >= 4 is 17.5 Å². The number of carbonyl (C=O) groups is 1. The van der Waals surface area contributed by atoms with Gasteiger partial charge in [0, 0.05) is 24.2 Å². The van der Waals surface area contributed by atoms with Crippen LogP contribution in [0.3, 0.4) is 0 Å². The third kappa shape index (κ3) is 5.30. The maximum absolute atomic E-state index is 13.7. The number of hydrogen-bond donors (Lipinski definition) is 1. The smallest absolute Gasteiger partial charge is 0.349 e. The molecule has 1 aliphatic heterocycles. The molecule has 5 nitrogen and oxygen atoms in total. The molecule has 0 aliphatic carbocycles. The largest absolute Gasteiger partial charge is 0.434 e. The molecule has 1 saturated heterocycles. The van der Waals surface area contributed by atoms with E-state index in [0.717, 1.165) is 56.2 Å². The van der Waals surface area contributed by atoms with Crippen molar-refractivity contribution in [2.45, 2.75) is 44.8 Å². The number of aromatic nitrogens is 2. The summed E-state index contributed by atoms with van der Waals surface area (Å²) in [6.07, 6.45) is -0.0654. The molecule has 1 aromatic carbocycles. The Bertz CT molecular complexity index is 827. The standard InChI is InChI=1S/C20H24ClF3N4O/c1-2-3-10-27-11-8-15(9-12-27)26-19(29)17-13-25-28(18(17)20(22,23)24)16-6-4-14(21)5-7-16/h4-7,13,15H,2-3,8-12H2,1H3,(H,26,29). The van der Waals surface area contributed by atoms with Gasteiger partial charge in [-0.1, -0.05) is 24.9 Å². The monoisotopic (exact) mass is 428 g/mol. The van der Waals surface area contributed by atoms with Gasteiger partial charge in [0.05, 0.1) is 17.4 Å². The fourth-order valence-electron chi connectivity index (χ4n) is 3.51. The number of alkyl halides is 3. The predicted molar refractivity (Wildman–Crippen MR) is 105 cm³/mol. The first-order valence-corrected chi connectivity index (χ1v) is 10.1. The van der Waals surface area contributed by atoms with Crippen molar-refractivity contribution in [2.24, 2.45) is 0 Å². The second kappa shape index (κ2) is 9.17. The van der Waals surface area contributed by atoms with Crippen LogP contribution in [0.2, 0.25) is 5.02 Å². The van der Waals surface area contributed by atoms with Gasteiger partial charge in [-0.05, 0) is 50.1 Å². The Balaban J connectivity index is 1.75. The number of benzene rings is 1. The highest BCUT2D eigenvalue weighted by Crippen LogP contribution is 2.34. The summed E-state index contributed by atoms with van der Waals surface area (Å²) < 4.78 is 42.0. The zero-order valence-electron chi connectivity index (χ0n) is 16.2. The average molecular weight is 429 g/mol. The lowest BCUT2D eigenvalue weighted by atomic mass is 10.0. The molecule has 0 bridgehead atoms. The Morgan fingerprint density at radius 1 is 1.24 bits per heavy atom. The molecule has 158 valence electrons. The summed E-state index contributed by atoms with van der Waals surface area (Å²) in [5.41, 5.74) is -1.37. The van der Waals surface area contributed by atoms with E-state index in [1.54, 1.807) is 0 Å². The number of hydrogen-bond acceptors (Lipinski definition) is 3. The number of likely N-dealkylation sites (tertiary alicyclic amines) is 1. The lowest BCUT2D eigenvalue weighted by Gasteiger charge is -2.32. The maximum Gasteiger partial charge on any atom is 0.434 e. The maximum atomic E-state index is 13.7. The van der Waals surface area contributed by atoms with Crippen LogP contribution >= 0.6 is 11.6 Å². The minimum absolute atomic E-state index is 0.139. The van der Waals surface area contributed by atoms with Crippen molar-refractivity contribution in [3.63, 3.8) is 0 Å². The number of amides is 1. The predicted octanol–water partition coefficient (Wildman–Crippen LogP) is 4.54. The van der Waals surface area contributed by atoms with Gasteiger partial charge in [0.1, 0.15) is 0 Å². The molecule has 1 N–H and O–H groups in total. The van der Waals surface area contributed by atoms with Gasteiger partial charge >= 0.3 is 6.18 Å². The minimum Gasteiger partial charge on any atom is -0.349 e. The topological polar surface area (TPSA) is 50.2 Å². The van der Waals surface area contributed by atoms with Crippen molar-refractivity contribution in [1.82, 2.24) is 20.0 Å². The van der Waals surface area contributed by atoms with Crippen LogP contribution in [-0.4, -0.2) is 46.3 Å². The molecule has 1 fully saturated rings. The first kappa shape index (κ1) is 21.6. The number of halogens is 4. The molecule has 0 radical (unpaired) electrons. The van der Waals surface area contributed by atoms with E-state index in [9.17, 15) is 18.0 Å². The number of carbonyl (C=O) groups excluding carboxylic acids is 1. The van der Waals surface area contributed by atoms with Crippen LogP contribution in [-0.2, 0) is 6.18 Å². The zero-order valence-corrected chi connectivity index (χ0v) is 16.9. The van der Waals surface area contributed by atoms with Crippen LogP contribution < -0.4 is 5.32 Å². The lowest BCUT2D eigenvalue weighted by Crippen LogP contribution is -2.45. The number of nitrogens with zero attached hydrogens (tertiary/aromatic N) is 3. The minimum atomic E-state index is -4.73. The van der Waals surface area contributed by atoms with Gasteiger partial charge in [0.15, 0.2) is 5.69 Å². The van der Waals surface area contributed by atoms with Crippen molar-refractivity contribution < 1.29 is 18.0 Å². The van der Waals surface area contributed by atoms with Crippen LogP contribution in [0.15, 0.2) is 30.5 Å². The van der Waals surface area contributed by atoms with Crippen LogP contribution in [0, 0.1) is 0 Å². The molecule has 1 aromatic heterocycles. The van der Waals surface area contributed by atoms with Gasteiger partial charge in [0.2, 0.25) is 0 Å². The quantitative estimate of drug-likeness (QED) is 0.735. The molecule has 0 spiro atoms. The van der Waals surface area contributed by atoms with Crippen molar-refractivity contribution in [3.8, 4) is 5.69 Å². The average Bonchev–Trinajstić information content (AvgIpc) is 3.14. The fraction of sp³-hybridized carbons (Fsp3) is 0.500. The fourth-order valence-corrected chi connectivity index (χ4v) is 3.64. The van der Waals surface area contributed by atoms with E-state index in [-0.39, 0.29) is 11.7 Å². The molecule has 2 heterocycles. The summed E-state index contributed by atoms with van der Waals surface area (Å²) in [4.78, 5) is 15.0. The molecule has 3 rings (SSSR count). The highest BCUT2D eigenvalue weighted by Gasteiger charge is 2.41. The summed E-state index contributed by atoms with van der Waals surface area (Å²) in [7, 11) is 0. The summed E-state index contributed by atoms with van der Waals surface area (Å²) in [5.74, 6) is -0.746. The number of piperidine rings is 1. The Morgan fingerprint density at radius 2 is 1.90 bits per heavy atom. The number of nitrogens with one attached hydrogen (secondary N) is 1. The summed E-state index contributed by atoms with van der Waals surface area (Å²) >= 11 is 5.81. The highest BCUT2D eigenvalue weighted by atomic mass is 35.5. The van der Waals surface area contributed by atoms with E-state index in [1.165, 1.54) is 24.3 Å². The molecular weight excluding hydrogens is 405 g/mol. The van der Waals surface area contributed by atoms with Gasteiger partial charge < -0.3 is 10.2 Å². The van der Waals surface area contributed by atoms with Gasteiger partial charge in [-0.15, -0.1) is 0 Å². The van der Waals surface area contributed by atoms with E-state index < -0.39 is 23.3 Å². The lowest BCUT2D eigenvalue weighted by molar-refractivity contribution is -0.143. The molecule has 0 saturated carbocycles. The third-order valence-electron chi connectivity index (χ3n) is 5.10. The van der Waals surface area contributed by atoms with Crippen molar-refractivity contribution in [3.05, 3.63) is 46.7 Å². The second-order valence-electron chi connectivity index (χ2n) is 7.24. The summed E-state index contributed by atoms with van der Waals surface area (Å²) in [6.45, 7) is 4.82. The van der Waals surface area contributed by atoms with Crippen LogP contribution in [0.4, 0.5) is 13.2 Å². The Labute approximate surface area is 172 Å². The second-order valence-corrected chi connectivity index (χ2v) is 7.67. The third-order valence-corrected chi connectivity index (χ3v) is 5.36. The van der Waals surface area contributed by atoms with Crippen molar-refractivity contribution in [1.29, 1.82) is 0 Å². The highest BCUT2D eigenvalue weighted by molar-refractivity contribution is 6.30. The molecule has 1 aliphatic rings. The van der Waals surface area contributed by atoms with Gasteiger partial charge in [-0.3, -0.25) is 4.79 Å².